The molecule has 0 aromatic heterocycles. The molecule has 0 bridgehead atoms. The van der Waals surface area contributed by atoms with E-state index in [0.717, 1.165) is 36.9 Å². The lowest BCUT2D eigenvalue weighted by atomic mass is 9.96. The topological polar surface area (TPSA) is 46.3 Å². The smallest absolute Gasteiger partial charge is 0.229 e. The van der Waals surface area contributed by atoms with Gasteiger partial charge in [-0.15, -0.1) is 0 Å². The van der Waals surface area contributed by atoms with Crippen molar-refractivity contribution in [3.8, 4) is 0 Å². The third-order valence-corrected chi connectivity index (χ3v) is 3.51. The molecule has 1 aromatic carbocycles. The van der Waals surface area contributed by atoms with Crippen LogP contribution in [-0.4, -0.2) is 13.0 Å². The first-order chi connectivity index (χ1) is 9.13. The largest absolute Gasteiger partial charge is 0.326 e. The second-order valence-electron chi connectivity index (χ2n) is 5.04. The number of nitrogens with zero attached hydrogens (tertiary/aromatic N) is 1. The average molecular weight is 262 g/mol. The molecule has 1 amide bonds. The quantitative estimate of drug-likeness (QED) is 0.819. The highest BCUT2D eigenvalue weighted by Gasteiger charge is 2.21. The molecule has 2 N–H and O–H groups in total. The summed E-state index contributed by atoms with van der Waals surface area (Å²) in [6, 6.07) is 7.89. The van der Waals surface area contributed by atoms with Gasteiger partial charge in [0.15, 0.2) is 0 Å². The fourth-order valence-electron chi connectivity index (χ4n) is 2.34. The fourth-order valence-corrected chi connectivity index (χ4v) is 2.34. The molecule has 1 rings (SSSR count). The van der Waals surface area contributed by atoms with Crippen molar-refractivity contribution >= 4 is 11.6 Å². The Morgan fingerprint density at radius 1 is 1.16 bits per heavy atom. The number of rotatable bonds is 7. The maximum absolute atomic E-state index is 12.5. The maximum Gasteiger partial charge on any atom is 0.229 e. The molecule has 0 aliphatic rings. The van der Waals surface area contributed by atoms with Gasteiger partial charge in [0, 0.05) is 25.2 Å². The summed E-state index contributed by atoms with van der Waals surface area (Å²) in [5, 5.41) is 0. The molecule has 19 heavy (non-hydrogen) atoms. The van der Waals surface area contributed by atoms with Crippen LogP contribution in [0.25, 0.3) is 0 Å². The van der Waals surface area contributed by atoms with Gasteiger partial charge in [-0.25, -0.2) is 0 Å². The first-order valence-corrected chi connectivity index (χ1v) is 7.20. The monoisotopic (exact) mass is 262 g/mol. The number of hydrogen-bond donors (Lipinski definition) is 1. The Morgan fingerprint density at radius 3 is 2.11 bits per heavy atom. The predicted octanol–water partition coefficient (Wildman–Crippen LogP) is 3.32. The summed E-state index contributed by atoms with van der Waals surface area (Å²) in [6.07, 6.45) is 4.04. The molecule has 1 aromatic rings. The minimum Gasteiger partial charge on any atom is -0.326 e. The van der Waals surface area contributed by atoms with Gasteiger partial charge in [-0.2, -0.15) is 0 Å². The second-order valence-corrected chi connectivity index (χ2v) is 5.04. The van der Waals surface area contributed by atoms with Crippen molar-refractivity contribution in [2.24, 2.45) is 11.7 Å². The van der Waals surface area contributed by atoms with E-state index in [2.05, 4.69) is 13.8 Å². The highest BCUT2D eigenvalue weighted by Crippen LogP contribution is 2.21. The van der Waals surface area contributed by atoms with Gasteiger partial charge in [0.2, 0.25) is 5.91 Å². The number of nitrogens with two attached hydrogens (primary N) is 1. The molecule has 0 fully saturated rings. The average Bonchev–Trinajstić information content (AvgIpc) is 2.45. The third-order valence-electron chi connectivity index (χ3n) is 3.51. The van der Waals surface area contributed by atoms with Crippen LogP contribution in [-0.2, 0) is 11.3 Å². The van der Waals surface area contributed by atoms with E-state index in [0.29, 0.717) is 6.54 Å². The number of hydrogen-bond acceptors (Lipinski definition) is 2. The zero-order valence-electron chi connectivity index (χ0n) is 12.4. The highest BCUT2D eigenvalue weighted by molar-refractivity contribution is 5.94. The van der Waals surface area contributed by atoms with Crippen molar-refractivity contribution in [3.05, 3.63) is 29.8 Å². The van der Waals surface area contributed by atoms with Crippen molar-refractivity contribution in [3.63, 3.8) is 0 Å². The fraction of sp³-hybridized carbons (Fsp3) is 0.562. The molecule has 0 aliphatic carbocycles. The number of anilines is 1. The van der Waals surface area contributed by atoms with Crippen molar-refractivity contribution < 1.29 is 4.79 Å². The summed E-state index contributed by atoms with van der Waals surface area (Å²) in [5.74, 6) is 0.374. The Bertz CT molecular complexity index is 380. The zero-order valence-corrected chi connectivity index (χ0v) is 12.4. The predicted molar refractivity (Wildman–Crippen MR) is 81.0 cm³/mol. The van der Waals surface area contributed by atoms with E-state index in [1.807, 2.05) is 31.3 Å². The van der Waals surface area contributed by atoms with Gasteiger partial charge in [0.1, 0.15) is 0 Å². The van der Waals surface area contributed by atoms with E-state index >= 15 is 0 Å². The van der Waals surface area contributed by atoms with E-state index in [1.165, 1.54) is 0 Å². The normalized spacial score (nSPS) is 10.8. The second kappa shape index (κ2) is 7.95. The lowest BCUT2D eigenvalue weighted by Crippen LogP contribution is -2.32. The molecular weight excluding hydrogens is 236 g/mol. The van der Waals surface area contributed by atoms with Crippen LogP contribution in [0.5, 0.6) is 0 Å². The van der Waals surface area contributed by atoms with Gasteiger partial charge < -0.3 is 10.6 Å². The minimum absolute atomic E-state index is 0.147. The summed E-state index contributed by atoms with van der Waals surface area (Å²) >= 11 is 0. The molecule has 0 aliphatic heterocycles. The van der Waals surface area contributed by atoms with Gasteiger partial charge >= 0.3 is 0 Å². The summed E-state index contributed by atoms with van der Waals surface area (Å²) in [5.41, 5.74) is 7.61. The molecule has 0 radical (unpaired) electrons. The summed E-state index contributed by atoms with van der Waals surface area (Å²) in [7, 11) is 1.86. The molecule has 0 heterocycles. The summed E-state index contributed by atoms with van der Waals surface area (Å²) in [4.78, 5) is 14.3. The molecule has 106 valence electrons. The minimum atomic E-state index is 0.147. The Morgan fingerprint density at radius 2 is 1.68 bits per heavy atom. The van der Waals surface area contributed by atoms with Crippen LogP contribution >= 0.6 is 0 Å². The molecule has 0 spiro atoms. The first kappa shape index (κ1) is 15.7. The van der Waals surface area contributed by atoms with Gasteiger partial charge in [0.05, 0.1) is 0 Å². The molecule has 3 nitrogen and oxygen atoms in total. The third kappa shape index (κ3) is 4.35. The molecular formula is C16H26N2O. The molecule has 0 unspecified atom stereocenters. The van der Waals surface area contributed by atoms with Crippen LogP contribution in [0.2, 0.25) is 0 Å². The van der Waals surface area contributed by atoms with Gasteiger partial charge in [-0.1, -0.05) is 38.8 Å². The highest BCUT2D eigenvalue weighted by atomic mass is 16.2. The van der Waals surface area contributed by atoms with E-state index in [1.54, 1.807) is 4.90 Å². The van der Waals surface area contributed by atoms with E-state index in [-0.39, 0.29) is 11.8 Å². The molecule has 0 saturated carbocycles. The lowest BCUT2D eigenvalue weighted by Gasteiger charge is -2.23. The Kier molecular flexibility index (Phi) is 6.57. The Hall–Kier alpha value is -1.35. The zero-order chi connectivity index (χ0) is 14.3. The van der Waals surface area contributed by atoms with Gasteiger partial charge in [-0.3, -0.25) is 4.79 Å². The number of carbonyl (C=O) groups is 1. The van der Waals surface area contributed by atoms with Crippen LogP contribution < -0.4 is 10.6 Å². The first-order valence-electron chi connectivity index (χ1n) is 7.20. The lowest BCUT2D eigenvalue weighted by molar-refractivity contribution is -0.122. The number of amides is 1. The van der Waals surface area contributed by atoms with Gasteiger partial charge in [-0.05, 0) is 30.5 Å². The Labute approximate surface area is 116 Å². The summed E-state index contributed by atoms with van der Waals surface area (Å²) in [6.45, 7) is 4.80. The van der Waals surface area contributed by atoms with Crippen LogP contribution in [0.1, 0.15) is 45.1 Å². The summed E-state index contributed by atoms with van der Waals surface area (Å²) < 4.78 is 0. The van der Waals surface area contributed by atoms with Crippen molar-refractivity contribution in [1.29, 1.82) is 0 Å². The van der Waals surface area contributed by atoms with E-state index in [4.69, 9.17) is 5.73 Å². The number of benzene rings is 1. The van der Waals surface area contributed by atoms with Crippen molar-refractivity contribution in [2.45, 2.75) is 46.1 Å². The number of carbonyl (C=O) groups excluding carboxylic acids is 1. The van der Waals surface area contributed by atoms with Crippen LogP contribution in [0, 0.1) is 5.92 Å². The van der Waals surface area contributed by atoms with E-state index < -0.39 is 0 Å². The molecule has 0 atom stereocenters. The maximum atomic E-state index is 12.5. The van der Waals surface area contributed by atoms with Gasteiger partial charge in [0.25, 0.3) is 0 Å². The van der Waals surface area contributed by atoms with Crippen molar-refractivity contribution in [2.75, 3.05) is 11.9 Å². The molecule has 0 saturated heterocycles. The van der Waals surface area contributed by atoms with Crippen LogP contribution in [0.15, 0.2) is 24.3 Å². The van der Waals surface area contributed by atoms with Crippen LogP contribution in [0.4, 0.5) is 5.69 Å². The standard InChI is InChI=1S/C16H26N2O/c1-4-6-14(7-5-2)16(19)18(3)15-10-8-13(12-17)9-11-15/h8-11,14H,4-7,12,17H2,1-3H3. The Balaban J connectivity index is 2.78. The van der Waals surface area contributed by atoms with Crippen LogP contribution in [0.3, 0.4) is 0 Å². The van der Waals surface area contributed by atoms with E-state index in [9.17, 15) is 4.79 Å². The SMILES string of the molecule is CCCC(CCC)C(=O)N(C)c1ccc(CN)cc1. The van der Waals surface area contributed by atoms with Crippen molar-refractivity contribution in [1.82, 2.24) is 0 Å². The molecule has 3 heteroatoms.